The van der Waals surface area contributed by atoms with Crippen LogP contribution >= 0.6 is 0 Å². The lowest BCUT2D eigenvalue weighted by atomic mass is 9.67. The summed E-state index contributed by atoms with van der Waals surface area (Å²) in [7, 11) is 1.16. The first-order valence-corrected chi connectivity index (χ1v) is 9.86. The van der Waals surface area contributed by atoms with Gasteiger partial charge in [-0.25, -0.2) is 14.8 Å². The monoisotopic (exact) mass is 398 g/mol. The van der Waals surface area contributed by atoms with E-state index < -0.39 is 23.4 Å². The Balaban J connectivity index is 1.80. The van der Waals surface area contributed by atoms with Crippen LogP contribution in [0.4, 0.5) is 5.69 Å². The number of hydrogen-bond acceptors (Lipinski definition) is 5. The van der Waals surface area contributed by atoms with E-state index in [1.807, 2.05) is 6.07 Å². The van der Waals surface area contributed by atoms with Crippen LogP contribution in [-0.2, 0) is 19.1 Å². The van der Waals surface area contributed by atoms with E-state index >= 15 is 0 Å². The summed E-state index contributed by atoms with van der Waals surface area (Å²) < 4.78 is 4.60. The summed E-state index contributed by atoms with van der Waals surface area (Å²) >= 11 is 0. The minimum Gasteiger partial charge on any atom is -0.466 e. The fourth-order valence-electron chi connectivity index (χ4n) is 5.77. The predicted octanol–water partition coefficient (Wildman–Crippen LogP) is 2.06. The zero-order valence-corrected chi connectivity index (χ0v) is 16.9. The normalized spacial score (nSPS) is 30.3. The molecule has 1 aromatic rings. The van der Waals surface area contributed by atoms with Gasteiger partial charge in [-0.05, 0) is 42.7 Å². The van der Waals surface area contributed by atoms with Crippen LogP contribution in [0, 0.1) is 16.7 Å². The van der Waals surface area contributed by atoms with Gasteiger partial charge in [0.2, 0.25) is 0 Å². The number of benzene rings is 1. The summed E-state index contributed by atoms with van der Waals surface area (Å²) in [5.74, 6) is -1.39. The number of rotatable bonds is 4. The zero-order valence-electron chi connectivity index (χ0n) is 16.9. The van der Waals surface area contributed by atoms with Crippen molar-refractivity contribution < 1.29 is 24.2 Å². The molecule has 3 fully saturated rings. The average molecular weight is 398 g/mol. The maximum absolute atomic E-state index is 13.8. The number of aliphatic hydroxyl groups excluding tert-OH is 1. The van der Waals surface area contributed by atoms with E-state index in [-0.39, 0.29) is 22.9 Å². The number of amides is 2. The van der Waals surface area contributed by atoms with Crippen LogP contribution in [0.25, 0.3) is 0 Å². The first-order valence-electron chi connectivity index (χ1n) is 9.86. The Labute approximate surface area is 169 Å². The van der Waals surface area contributed by atoms with Gasteiger partial charge in [0, 0.05) is 0 Å². The molecule has 2 aliphatic carbocycles. The molecule has 7 heteroatoms. The van der Waals surface area contributed by atoms with Gasteiger partial charge < -0.3 is 9.84 Å². The highest BCUT2D eigenvalue weighted by molar-refractivity contribution is 6.07. The number of ether oxygens (including phenoxy) is 1. The molecule has 29 heavy (non-hydrogen) atoms. The van der Waals surface area contributed by atoms with Crippen LogP contribution < -0.4 is 5.01 Å². The highest BCUT2D eigenvalue weighted by atomic mass is 16.5. The summed E-state index contributed by atoms with van der Waals surface area (Å²) in [4.78, 5) is 39.0. The van der Waals surface area contributed by atoms with Crippen molar-refractivity contribution in [2.75, 3.05) is 12.1 Å². The molecule has 0 radical (unpaired) electrons. The summed E-state index contributed by atoms with van der Waals surface area (Å²) in [6.45, 7) is 7.72. The molecule has 1 saturated heterocycles. The number of anilines is 1. The number of carbonyl (C=O) groups is 3. The lowest BCUT2D eigenvalue weighted by Gasteiger charge is -2.35. The first kappa shape index (κ1) is 19.6. The van der Waals surface area contributed by atoms with Crippen LogP contribution in [0.1, 0.15) is 33.1 Å². The van der Waals surface area contributed by atoms with Gasteiger partial charge in [0.15, 0.2) is 6.10 Å². The van der Waals surface area contributed by atoms with Crippen molar-refractivity contribution in [3.63, 3.8) is 0 Å². The summed E-state index contributed by atoms with van der Waals surface area (Å²) in [6.07, 6.45) is 0.552. The molecule has 4 atom stereocenters. The molecule has 2 saturated carbocycles. The van der Waals surface area contributed by atoms with Crippen molar-refractivity contribution in [1.82, 2.24) is 5.01 Å². The maximum Gasteiger partial charge on any atom is 0.336 e. The molecule has 154 valence electrons. The Morgan fingerprint density at radius 2 is 1.93 bits per heavy atom. The number of hydrazine groups is 1. The molecule has 1 N–H and O–H groups in total. The Morgan fingerprint density at radius 1 is 1.28 bits per heavy atom. The second-order valence-corrected chi connectivity index (χ2v) is 8.73. The third kappa shape index (κ3) is 2.37. The topological polar surface area (TPSA) is 87.1 Å². The van der Waals surface area contributed by atoms with Crippen molar-refractivity contribution in [2.45, 2.75) is 45.3 Å². The molecule has 2 bridgehead atoms. The zero-order chi connectivity index (χ0) is 21.1. The van der Waals surface area contributed by atoms with Gasteiger partial charge in [0.1, 0.15) is 0 Å². The molecule has 2 amide bonds. The van der Waals surface area contributed by atoms with Gasteiger partial charge in [-0.15, -0.1) is 0 Å². The Bertz CT molecular complexity index is 896. The van der Waals surface area contributed by atoms with E-state index in [1.165, 1.54) is 10.0 Å². The standard InChI is InChI=1S/C22H26N2O5/c1-13(19(27)29-4)17(25)18(26)24-16-12-14-10-11-22(16,21(14,2)3)20(28)23(24)15-8-6-5-7-9-15/h5-9,14,16-17,25H,1,10-12H2,2-4H3/t14-,16-,17+,22+/m1/s1. The van der Waals surface area contributed by atoms with Gasteiger partial charge in [0.25, 0.3) is 11.8 Å². The molecular formula is C22H26N2O5. The van der Waals surface area contributed by atoms with E-state index in [0.29, 0.717) is 24.4 Å². The summed E-state index contributed by atoms with van der Waals surface area (Å²) in [5, 5.41) is 13.4. The van der Waals surface area contributed by atoms with Crippen LogP contribution in [0.15, 0.2) is 42.5 Å². The number of carbonyl (C=O) groups excluding carboxylic acids is 3. The highest BCUT2D eigenvalue weighted by Gasteiger charge is 2.75. The van der Waals surface area contributed by atoms with Gasteiger partial charge in [0.05, 0.1) is 29.8 Å². The van der Waals surface area contributed by atoms with Gasteiger partial charge in [-0.2, -0.15) is 0 Å². The Hall–Kier alpha value is -2.67. The molecule has 0 aromatic heterocycles. The lowest BCUT2D eigenvalue weighted by Crippen LogP contribution is -2.52. The smallest absolute Gasteiger partial charge is 0.336 e. The van der Waals surface area contributed by atoms with Gasteiger partial charge in [-0.1, -0.05) is 38.6 Å². The van der Waals surface area contributed by atoms with E-state index in [2.05, 4.69) is 25.2 Å². The van der Waals surface area contributed by atoms with E-state index in [1.54, 1.807) is 24.3 Å². The number of nitrogens with zero attached hydrogens (tertiary/aromatic N) is 2. The van der Waals surface area contributed by atoms with Crippen molar-refractivity contribution in [3.8, 4) is 0 Å². The Morgan fingerprint density at radius 3 is 2.52 bits per heavy atom. The first-order chi connectivity index (χ1) is 13.7. The minimum atomic E-state index is -1.78. The molecule has 0 unspecified atom stereocenters. The lowest BCUT2D eigenvalue weighted by molar-refractivity contribution is -0.146. The SMILES string of the molecule is C=C(C(=O)OC)[C@H](O)C(=O)N1[C@@H]2C[C@H]3CC[C@]2(C(=O)N1c1ccccc1)C3(C)C. The second kappa shape index (κ2) is 6.42. The summed E-state index contributed by atoms with van der Waals surface area (Å²) in [6, 6.07) is 8.58. The summed E-state index contributed by atoms with van der Waals surface area (Å²) in [5.41, 5.74) is -0.748. The third-order valence-electron chi connectivity index (χ3n) is 7.46. The number of esters is 1. The fourth-order valence-corrected chi connectivity index (χ4v) is 5.77. The van der Waals surface area contributed by atoms with Crippen molar-refractivity contribution >= 4 is 23.5 Å². The molecule has 1 spiro atoms. The number of hydrogen-bond donors (Lipinski definition) is 1. The number of aliphatic hydroxyl groups is 1. The van der Waals surface area contributed by atoms with E-state index in [4.69, 9.17) is 0 Å². The molecule has 1 heterocycles. The fraction of sp³-hybridized carbons (Fsp3) is 0.500. The quantitative estimate of drug-likeness (QED) is 0.620. The molecular weight excluding hydrogens is 372 g/mol. The van der Waals surface area contributed by atoms with Crippen LogP contribution in [0.2, 0.25) is 0 Å². The number of para-hydroxylation sites is 1. The van der Waals surface area contributed by atoms with Crippen LogP contribution in [-0.4, -0.2) is 47.2 Å². The number of methoxy groups -OCH3 is 1. The van der Waals surface area contributed by atoms with Crippen LogP contribution in [0.3, 0.4) is 0 Å². The molecule has 1 aromatic carbocycles. The van der Waals surface area contributed by atoms with Gasteiger partial charge >= 0.3 is 5.97 Å². The van der Waals surface area contributed by atoms with Crippen LogP contribution in [0.5, 0.6) is 0 Å². The minimum absolute atomic E-state index is 0.122. The molecule has 7 nitrogen and oxygen atoms in total. The molecule has 3 aliphatic rings. The van der Waals surface area contributed by atoms with Gasteiger partial charge in [-0.3, -0.25) is 9.59 Å². The Kier molecular flexibility index (Phi) is 4.35. The average Bonchev–Trinajstić information content (AvgIpc) is 3.24. The van der Waals surface area contributed by atoms with Crippen molar-refractivity contribution in [3.05, 3.63) is 42.5 Å². The largest absolute Gasteiger partial charge is 0.466 e. The third-order valence-corrected chi connectivity index (χ3v) is 7.46. The predicted molar refractivity (Wildman–Crippen MR) is 105 cm³/mol. The van der Waals surface area contributed by atoms with Crippen molar-refractivity contribution in [2.24, 2.45) is 16.7 Å². The molecule has 1 aliphatic heterocycles. The molecule has 4 rings (SSSR count). The second-order valence-electron chi connectivity index (χ2n) is 8.73. The van der Waals surface area contributed by atoms with Crippen molar-refractivity contribution in [1.29, 1.82) is 0 Å². The van der Waals surface area contributed by atoms with E-state index in [0.717, 1.165) is 13.5 Å². The van der Waals surface area contributed by atoms with E-state index in [9.17, 15) is 19.5 Å². The number of fused-ring (bicyclic) bond motifs is 1. The highest BCUT2D eigenvalue weighted by Crippen LogP contribution is 2.70. The maximum atomic E-state index is 13.8.